The van der Waals surface area contributed by atoms with Gasteiger partial charge in [0.1, 0.15) is 0 Å². The third-order valence-electron chi connectivity index (χ3n) is 5.03. The van der Waals surface area contributed by atoms with Crippen molar-refractivity contribution in [3.05, 3.63) is 12.2 Å². The quantitative estimate of drug-likeness (QED) is 0.194. The summed E-state index contributed by atoms with van der Waals surface area (Å²) in [6.07, 6.45) is 26.8. The molecule has 0 spiro atoms. The fourth-order valence-electron chi connectivity index (χ4n) is 3.27. The third-order valence-corrected chi connectivity index (χ3v) is 5.03. The van der Waals surface area contributed by atoms with E-state index in [0.717, 1.165) is 13.1 Å². The molecule has 0 saturated carbocycles. The lowest BCUT2D eigenvalue weighted by Crippen LogP contribution is -2.23. The fourth-order valence-corrected chi connectivity index (χ4v) is 3.27. The molecule has 0 aliphatic carbocycles. The first-order valence-corrected chi connectivity index (χ1v) is 11.3. The Balaban J connectivity index is 3.10. The largest absolute Gasteiger partial charge is 0.395 e. The van der Waals surface area contributed by atoms with Crippen molar-refractivity contribution in [1.29, 1.82) is 0 Å². The fraction of sp³-hybridized carbons (Fsp3) is 0.913. The molecule has 0 aliphatic rings. The van der Waals surface area contributed by atoms with Gasteiger partial charge in [0, 0.05) is 6.54 Å². The molecule has 2 nitrogen and oxygen atoms in total. The van der Waals surface area contributed by atoms with Crippen molar-refractivity contribution in [2.45, 2.75) is 110 Å². The van der Waals surface area contributed by atoms with E-state index in [1.54, 1.807) is 0 Å². The number of nitrogens with zero attached hydrogens (tertiary/aromatic N) is 1. The molecule has 0 amide bonds. The Morgan fingerprint density at radius 1 is 0.600 bits per heavy atom. The molecular weight excluding hydrogens is 306 g/mol. The smallest absolute Gasteiger partial charge is 0.0558 e. The predicted molar refractivity (Wildman–Crippen MR) is 113 cm³/mol. The number of rotatable bonds is 20. The lowest BCUT2D eigenvalue weighted by atomic mass is 10.1. The Labute approximate surface area is 159 Å². The summed E-state index contributed by atoms with van der Waals surface area (Å²) >= 11 is 0. The zero-order valence-corrected chi connectivity index (χ0v) is 17.5. The van der Waals surface area contributed by atoms with Crippen molar-refractivity contribution in [2.75, 3.05) is 26.7 Å². The van der Waals surface area contributed by atoms with Gasteiger partial charge >= 0.3 is 0 Å². The number of aliphatic hydroxyl groups is 1. The van der Waals surface area contributed by atoms with Gasteiger partial charge in [-0.3, -0.25) is 0 Å². The molecule has 25 heavy (non-hydrogen) atoms. The van der Waals surface area contributed by atoms with Crippen LogP contribution in [0, 0.1) is 0 Å². The molecule has 0 aromatic rings. The minimum absolute atomic E-state index is 0.282. The summed E-state index contributed by atoms with van der Waals surface area (Å²) in [5, 5.41) is 8.84. The van der Waals surface area contributed by atoms with Gasteiger partial charge in [-0.2, -0.15) is 0 Å². The molecule has 0 heterocycles. The van der Waals surface area contributed by atoms with Gasteiger partial charge in [0.05, 0.1) is 6.61 Å². The molecule has 0 fully saturated rings. The monoisotopic (exact) mass is 353 g/mol. The standard InChI is InChI=1S/C23H47NO/c1-3-4-5-6-7-8-9-10-11-12-13-14-15-16-17-18-19-20-21-24(2)22-23-25/h10-11,25H,3-9,12-23H2,1-2H3/b11-10-. The van der Waals surface area contributed by atoms with Crippen molar-refractivity contribution in [3.8, 4) is 0 Å². The number of hydrogen-bond acceptors (Lipinski definition) is 2. The Hall–Kier alpha value is -0.340. The van der Waals surface area contributed by atoms with Crippen LogP contribution in [0.3, 0.4) is 0 Å². The van der Waals surface area contributed by atoms with Crippen LogP contribution in [0.5, 0.6) is 0 Å². The van der Waals surface area contributed by atoms with Crippen LogP contribution in [-0.2, 0) is 0 Å². The molecule has 1 N–H and O–H groups in total. The van der Waals surface area contributed by atoms with Crippen molar-refractivity contribution < 1.29 is 5.11 Å². The van der Waals surface area contributed by atoms with E-state index in [9.17, 15) is 0 Å². The summed E-state index contributed by atoms with van der Waals surface area (Å²) in [5.41, 5.74) is 0. The SMILES string of the molecule is CCCCCCCC/C=C\CCCCCCCCCCN(C)CCO. The summed E-state index contributed by atoms with van der Waals surface area (Å²) in [5.74, 6) is 0. The molecular formula is C23H47NO. The third kappa shape index (κ3) is 21.6. The van der Waals surface area contributed by atoms with Crippen molar-refractivity contribution in [2.24, 2.45) is 0 Å². The number of hydrogen-bond donors (Lipinski definition) is 1. The lowest BCUT2D eigenvalue weighted by molar-refractivity contribution is 0.219. The van der Waals surface area contributed by atoms with Crippen LogP contribution in [-0.4, -0.2) is 36.8 Å². The van der Waals surface area contributed by atoms with Crippen LogP contribution in [0.4, 0.5) is 0 Å². The Morgan fingerprint density at radius 2 is 1.04 bits per heavy atom. The maximum Gasteiger partial charge on any atom is 0.0558 e. The second-order valence-corrected chi connectivity index (χ2v) is 7.67. The molecule has 0 aliphatic heterocycles. The molecule has 0 radical (unpaired) electrons. The number of likely N-dealkylation sites (N-methyl/N-ethyl adjacent to an activating group) is 1. The maximum atomic E-state index is 8.84. The average Bonchev–Trinajstić information content (AvgIpc) is 2.61. The van der Waals surface area contributed by atoms with E-state index in [0.29, 0.717) is 0 Å². The lowest BCUT2D eigenvalue weighted by Gasteiger charge is -2.14. The van der Waals surface area contributed by atoms with Gasteiger partial charge in [0.2, 0.25) is 0 Å². The molecule has 0 bridgehead atoms. The van der Waals surface area contributed by atoms with Crippen LogP contribution in [0.1, 0.15) is 110 Å². The number of unbranched alkanes of at least 4 members (excludes halogenated alkanes) is 14. The second-order valence-electron chi connectivity index (χ2n) is 7.67. The van der Waals surface area contributed by atoms with Crippen molar-refractivity contribution >= 4 is 0 Å². The molecule has 0 unspecified atom stereocenters. The van der Waals surface area contributed by atoms with Gasteiger partial charge in [-0.25, -0.2) is 0 Å². The molecule has 150 valence electrons. The Morgan fingerprint density at radius 3 is 1.52 bits per heavy atom. The topological polar surface area (TPSA) is 23.5 Å². The van der Waals surface area contributed by atoms with Gasteiger partial charge < -0.3 is 10.0 Å². The molecule has 2 heteroatoms. The number of aliphatic hydroxyl groups excluding tert-OH is 1. The first kappa shape index (κ1) is 24.7. The van der Waals surface area contributed by atoms with E-state index in [-0.39, 0.29) is 6.61 Å². The molecule has 0 rings (SSSR count). The molecule has 0 atom stereocenters. The van der Waals surface area contributed by atoms with E-state index < -0.39 is 0 Å². The minimum Gasteiger partial charge on any atom is -0.395 e. The zero-order valence-electron chi connectivity index (χ0n) is 17.5. The summed E-state index contributed by atoms with van der Waals surface area (Å²) in [4.78, 5) is 2.22. The van der Waals surface area contributed by atoms with E-state index in [4.69, 9.17) is 5.11 Å². The van der Waals surface area contributed by atoms with Crippen LogP contribution < -0.4 is 0 Å². The maximum absolute atomic E-state index is 8.84. The van der Waals surface area contributed by atoms with Crippen LogP contribution >= 0.6 is 0 Å². The molecule has 0 aromatic carbocycles. The predicted octanol–water partition coefficient (Wildman–Crippen LogP) is 6.73. The summed E-state index contributed by atoms with van der Waals surface area (Å²) in [6.45, 7) is 4.51. The highest BCUT2D eigenvalue weighted by molar-refractivity contribution is 4.81. The van der Waals surface area contributed by atoms with E-state index >= 15 is 0 Å². The van der Waals surface area contributed by atoms with Crippen LogP contribution in [0.25, 0.3) is 0 Å². The highest BCUT2D eigenvalue weighted by Crippen LogP contribution is 2.11. The summed E-state index contributed by atoms with van der Waals surface area (Å²) in [7, 11) is 2.10. The highest BCUT2D eigenvalue weighted by atomic mass is 16.3. The zero-order chi connectivity index (χ0) is 18.4. The normalized spacial score (nSPS) is 11.8. The molecule has 0 saturated heterocycles. The van der Waals surface area contributed by atoms with Gasteiger partial charge in [-0.1, -0.05) is 89.7 Å². The van der Waals surface area contributed by atoms with E-state index in [1.165, 1.54) is 103 Å². The summed E-state index contributed by atoms with van der Waals surface area (Å²) in [6, 6.07) is 0. The number of allylic oxidation sites excluding steroid dienone is 2. The highest BCUT2D eigenvalue weighted by Gasteiger charge is 1.97. The Kier molecular flexibility index (Phi) is 21.4. The van der Waals surface area contributed by atoms with E-state index in [1.807, 2.05) is 0 Å². The van der Waals surface area contributed by atoms with Gasteiger partial charge in [-0.15, -0.1) is 0 Å². The average molecular weight is 354 g/mol. The van der Waals surface area contributed by atoms with Gasteiger partial charge in [-0.05, 0) is 45.7 Å². The van der Waals surface area contributed by atoms with Crippen LogP contribution in [0.2, 0.25) is 0 Å². The van der Waals surface area contributed by atoms with Crippen molar-refractivity contribution in [3.63, 3.8) is 0 Å². The minimum atomic E-state index is 0.282. The molecule has 0 aromatic heterocycles. The summed E-state index contributed by atoms with van der Waals surface area (Å²) < 4.78 is 0. The van der Waals surface area contributed by atoms with Crippen LogP contribution in [0.15, 0.2) is 12.2 Å². The van der Waals surface area contributed by atoms with Gasteiger partial charge in [0.15, 0.2) is 0 Å². The second kappa shape index (κ2) is 21.7. The van der Waals surface area contributed by atoms with Crippen molar-refractivity contribution in [1.82, 2.24) is 4.90 Å². The first-order chi connectivity index (χ1) is 12.3. The van der Waals surface area contributed by atoms with Gasteiger partial charge in [0.25, 0.3) is 0 Å². The Bertz CT molecular complexity index is 265. The first-order valence-electron chi connectivity index (χ1n) is 11.3. The van der Waals surface area contributed by atoms with E-state index in [2.05, 4.69) is 31.0 Å².